The summed E-state index contributed by atoms with van der Waals surface area (Å²) in [6, 6.07) is 20.2. The quantitative estimate of drug-likeness (QED) is 0.116. The van der Waals surface area contributed by atoms with Gasteiger partial charge in [-0.1, -0.05) is 111 Å². The average Bonchev–Trinajstić information content (AvgIpc) is 3.05. The zero-order valence-electron chi connectivity index (χ0n) is 25.4. The predicted octanol–water partition coefficient (Wildman–Crippen LogP) is 8.49. The van der Waals surface area contributed by atoms with Crippen molar-refractivity contribution in [3.63, 3.8) is 0 Å². The Morgan fingerprint density at radius 2 is 0.833 bits per heavy atom. The van der Waals surface area contributed by atoms with E-state index in [0.29, 0.717) is 26.4 Å². The molecule has 2 aliphatic heterocycles. The lowest BCUT2D eigenvalue weighted by Crippen LogP contribution is -2.33. The van der Waals surface area contributed by atoms with Crippen LogP contribution in [0.2, 0.25) is 0 Å². The monoisotopic (exact) mass is 580 g/mol. The third-order valence-electron chi connectivity index (χ3n) is 7.78. The van der Waals surface area contributed by atoms with Gasteiger partial charge in [-0.2, -0.15) is 0 Å². The molecule has 0 unspecified atom stereocenters. The fourth-order valence-corrected chi connectivity index (χ4v) is 5.29. The molecule has 2 heterocycles. The summed E-state index contributed by atoms with van der Waals surface area (Å²) in [7, 11) is 0. The first kappa shape index (κ1) is 32.8. The van der Waals surface area contributed by atoms with Gasteiger partial charge in [-0.25, -0.2) is 0 Å². The molecule has 0 bridgehead atoms. The first-order chi connectivity index (χ1) is 20.9. The average molecular weight is 581 g/mol. The zero-order valence-corrected chi connectivity index (χ0v) is 25.4. The van der Waals surface area contributed by atoms with Gasteiger partial charge in [0, 0.05) is 24.3 Å². The Morgan fingerprint density at radius 3 is 1.24 bits per heavy atom. The van der Waals surface area contributed by atoms with E-state index in [4.69, 9.17) is 28.4 Å². The first-order valence-electron chi connectivity index (χ1n) is 16.3. The lowest BCUT2D eigenvalue weighted by atomic mass is 10.1. The van der Waals surface area contributed by atoms with Crippen LogP contribution in [0.1, 0.15) is 101 Å². The van der Waals surface area contributed by atoms with Crippen LogP contribution in [0.25, 0.3) is 0 Å². The third kappa shape index (κ3) is 13.1. The largest absolute Gasteiger partial charge is 0.373 e. The Hall–Kier alpha value is -2.06. The highest BCUT2D eigenvalue weighted by atomic mass is 16.7. The van der Waals surface area contributed by atoms with Gasteiger partial charge in [-0.3, -0.25) is 0 Å². The number of hydrogen-bond donors (Lipinski definition) is 0. The Labute approximate surface area is 253 Å². The van der Waals surface area contributed by atoms with E-state index in [9.17, 15) is 0 Å². The van der Waals surface area contributed by atoms with Gasteiger partial charge < -0.3 is 28.4 Å². The lowest BCUT2D eigenvalue weighted by Gasteiger charge is -2.29. The normalized spacial score (nSPS) is 23.0. The highest BCUT2D eigenvalue weighted by Gasteiger charge is 2.24. The minimum absolute atomic E-state index is 0.0516. The van der Waals surface area contributed by atoms with Crippen molar-refractivity contribution in [3.8, 4) is 0 Å². The zero-order chi connectivity index (χ0) is 28.9. The SMILES string of the molecule is C(=C\CCCCCCCOC1COC(c2ccccc2)OC1)/CCCCCCCOC1COC(c2ccccc2)OC1. The second-order valence-electron chi connectivity index (χ2n) is 11.4. The smallest absolute Gasteiger partial charge is 0.184 e. The van der Waals surface area contributed by atoms with E-state index in [2.05, 4.69) is 12.2 Å². The number of rotatable bonds is 20. The molecule has 0 spiro atoms. The van der Waals surface area contributed by atoms with Crippen molar-refractivity contribution in [2.45, 2.75) is 102 Å². The molecule has 0 saturated carbocycles. The molecular weight excluding hydrogens is 528 g/mol. The first-order valence-corrected chi connectivity index (χ1v) is 16.3. The summed E-state index contributed by atoms with van der Waals surface area (Å²) in [5, 5.41) is 0. The van der Waals surface area contributed by atoms with E-state index in [0.717, 1.165) is 37.2 Å². The van der Waals surface area contributed by atoms with Crippen molar-refractivity contribution >= 4 is 0 Å². The second kappa shape index (κ2) is 20.8. The molecule has 42 heavy (non-hydrogen) atoms. The predicted molar refractivity (Wildman–Crippen MR) is 166 cm³/mol. The maximum atomic E-state index is 5.95. The molecule has 6 heteroatoms. The number of unbranched alkanes of at least 4 members (excludes halogenated alkanes) is 10. The fraction of sp³-hybridized carbons (Fsp3) is 0.611. The molecule has 2 aliphatic rings. The maximum absolute atomic E-state index is 5.95. The molecule has 0 atom stereocenters. The van der Waals surface area contributed by atoms with Crippen LogP contribution in [0.5, 0.6) is 0 Å². The number of benzene rings is 2. The minimum atomic E-state index is -0.260. The van der Waals surface area contributed by atoms with Crippen molar-refractivity contribution in [1.82, 2.24) is 0 Å². The van der Waals surface area contributed by atoms with Crippen LogP contribution < -0.4 is 0 Å². The summed E-state index contributed by atoms with van der Waals surface area (Å²) < 4.78 is 35.2. The topological polar surface area (TPSA) is 55.4 Å². The Balaban J connectivity index is 0.849. The molecular formula is C36H52O6. The van der Waals surface area contributed by atoms with Crippen LogP contribution in [-0.4, -0.2) is 51.8 Å². The van der Waals surface area contributed by atoms with Crippen molar-refractivity contribution in [2.75, 3.05) is 39.6 Å². The van der Waals surface area contributed by atoms with Crippen molar-refractivity contribution in [2.24, 2.45) is 0 Å². The van der Waals surface area contributed by atoms with E-state index in [-0.39, 0.29) is 24.8 Å². The molecule has 0 radical (unpaired) electrons. The van der Waals surface area contributed by atoms with Gasteiger partial charge >= 0.3 is 0 Å². The van der Waals surface area contributed by atoms with Gasteiger partial charge in [0.15, 0.2) is 12.6 Å². The second-order valence-corrected chi connectivity index (χ2v) is 11.4. The maximum Gasteiger partial charge on any atom is 0.184 e. The molecule has 6 nitrogen and oxygen atoms in total. The molecule has 0 aromatic heterocycles. The molecule has 4 rings (SSSR count). The Bertz CT molecular complexity index is 858. The van der Waals surface area contributed by atoms with E-state index < -0.39 is 0 Å². The highest BCUT2D eigenvalue weighted by molar-refractivity contribution is 5.17. The molecule has 0 N–H and O–H groups in total. The summed E-state index contributed by atoms with van der Waals surface area (Å²) in [5.74, 6) is 0. The van der Waals surface area contributed by atoms with Crippen molar-refractivity contribution in [1.29, 1.82) is 0 Å². The van der Waals surface area contributed by atoms with E-state index in [1.807, 2.05) is 60.7 Å². The summed E-state index contributed by atoms with van der Waals surface area (Å²) in [5.41, 5.74) is 2.14. The minimum Gasteiger partial charge on any atom is -0.373 e. The van der Waals surface area contributed by atoms with E-state index >= 15 is 0 Å². The van der Waals surface area contributed by atoms with Crippen molar-refractivity contribution in [3.05, 3.63) is 83.9 Å². The van der Waals surface area contributed by atoms with Crippen LogP contribution in [0.3, 0.4) is 0 Å². The third-order valence-corrected chi connectivity index (χ3v) is 7.78. The molecule has 2 fully saturated rings. The number of hydrogen-bond acceptors (Lipinski definition) is 6. The summed E-state index contributed by atoms with van der Waals surface area (Å²) in [6.07, 6.45) is 19.1. The van der Waals surface area contributed by atoms with E-state index in [1.54, 1.807) is 0 Å². The Kier molecular flexibility index (Phi) is 16.2. The molecule has 2 aromatic rings. The van der Waals surface area contributed by atoms with Gasteiger partial charge in [0.2, 0.25) is 0 Å². The molecule has 0 aliphatic carbocycles. The summed E-state index contributed by atoms with van der Waals surface area (Å²) in [4.78, 5) is 0. The van der Waals surface area contributed by atoms with Gasteiger partial charge in [0.1, 0.15) is 12.2 Å². The fourth-order valence-electron chi connectivity index (χ4n) is 5.29. The van der Waals surface area contributed by atoms with Crippen molar-refractivity contribution < 1.29 is 28.4 Å². The number of allylic oxidation sites excluding steroid dienone is 2. The van der Waals surface area contributed by atoms with Gasteiger partial charge in [0.05, 0.1) is 26.4 Å². The standard InChI is InChI=1S/C36H52O6/c1(3-5-7-9-11-19-25-37-33-27-39-35(40-28-33)31-21-15-13-16-22-31)2-4-6-8-10-12-20-26-38-34-29-41-36(42-30-34)32-23-17-14-18-24-32/h1-2,13-18,21-24,33-36H,3-12,19-20,25-30H2/b2-1+. The van der Waals surface area contributed by atoms with Gasteiger partial charge in [0.25, 0.3) is 0 Å². The van der Waals surface area contributed by atoms with Gasteiger partial charge in [-0.05, 0) is 38.5 Å². The van der Waals surface area contributed by atoms with Crippen LogP contribution in [0, 0.1) is 0 Å². The number of ether oxygens (including phenoxy) is 6. The van der Waals surface area contributed by atoms with Crippen LogP contribution in [0.15, 0.2) is 72.8 Å². The molecule has 2 aromatic carbocycles. The van der Waals surface area contributed by atoms with Crippen LogP contribution in [-0.2, 0) is 28.4 Å². The van der Waals surface area contributed by atoms with Crippen LogP contribution in [0.4, 0.5) is 0 Å². The van der Waals surface area contributed by atoms with Crippen LogP contribution >= 0.6 is 0 Å². The summed E-state index contributed by atoms with van der Waals surface area (Å²) in [6.45, 7) is 3.99. The molecule has 2 saturated heterocycles. The highest BCUT2D eigenvalue weighted by Crippen LogP contribution is 2.25. The Morgan fingerprint density at radius 1 is 0.476 bits per heavy atom. The van der Waals surface area contributed by atoms with Gasteiger partial charge in [-0.15, -0.1) is 0 Å². The van der Waals surface area contributed by atoms with E-state index in [1.165, 1.54) is 64.2 Å². The lowest BCUT2D eigenvalue weighted by molar-refractivity contribution is -0.230. The molecule has 0 amide bonds. The molecule has 232 valence electrons. The summed E-state index contributed by atoms with van der Waals surface area (Å²) >= 11 is 0.